The number of nitrogens with one attached hydrogen (secondary N) is 1. The summed E-state index contributed by atoms with van der Waals surface area (Å²) in [5.74, 6) is 0.281. The standard InChI is InChI=1S/C26H26FN7O2S/c1-5-13-32(23-20-19(37(36)6-2)15-28-22(20)29-16-30-23)26(3,4)25-31-33-14-12-18(27)21(33)24(35)34(25)17-10-8-7-9-11-17/h6-12,14-16H,2,5,13H2,1,3-4H3,(H,28,29,30). The van der Waals surface area contributed by atoms with Gasteiger partial charge in [-0.15, -0.1) is 0 Å². The first-order valence-electron chi connectivity index (χ1n) is 11.8. The number of para-hydroxylation sites is 1. The molecular weight excluding hydrogens is 493 g/mol. The molecule has 0 radical (unpaired) electrons. The minimum Gasteiger partial charge on any atom is -0.345 e. The quantitative estimate of drug-likeness (QED) is 0.328. The summed E-state index contributed by atoms with van der Waals surface area (Å²) in [6.07, 6.45) is 5.26. The Kier molecular flexibility index (Phi) is 6.24. The van der Waals surface area contributed by atoms with Crippen molar-refractivity contribution in [3.63, 3.8) is 0 Å². The van der Waals surface area contributed by atoms with Gasteiger partial charge in [-0.1, -0.05) is 31.7 Å². The lowest BCUT2D eigenvalue weighted by atomic mass is 9.99. The van der Waals surface area contributed by atoms with Gasteiger partial charge in [-0.2, -0.15) is 5.10 Å². The molecule has 190 valence electrons. The highest BCUT2D eigenvalue weighted by Gasteiger charge is 2.37. The monoisotopic (exact) mass is 519 g/mol. The maximum absolute atomic E-state index is 14.6. The van der Waals surface area contributed by atoms with Gasteiger partial charge in [0.25, 0.3) is 5.56 Å². The Hall–Kier alpha value is -4.12. The molecule has 1 N–H and O–H groups in total. The number of halogens is 1. The molecule has 9 nitrogen and oxygen atoms in total. The van der Waals surface area contributed by atoms with Crippen LogP contribution in [0.1, 0.15) is 33.0 Å². The lowest BCUT2D eigenvalue weighted by Gasteiger charge is -2.40. The van der Waals surface area contributed by atoms with Gasteiger partial charge in [0.15, 0.2) is 17.2 Å². The molecule has 11 heteroatoms. The van der Waals surface area contributed by atoms with Crippen LogP contribution in [-0.2, 0) is 16.3 Å². The van der Waals surface area contributed by atoms with Gasteiger partial charge >= 0.3 is 0 Å². The van der Waals surface area contributed by atoms with Crippen molar-refractivity contribution >= 4 is 33.2 Å². The normalized spacial score (nSPS) is 12.8. The fourth-order valence-corrected chi connectivity index (χ4v) is 5.35. The van der Waals surface area contributed by atoms with Crippen LogP contribution in [0, 0.1) is 5.82 Å². The molecule has 0 fully saturated rings. The zero-order chi connectivity index (χ0) is 26.3. The van der Waals surface area contributed by atoms with Crippen molar-refractivity contribution in [1.82, 2.24) is 29.1 Å². The Balaban J connectivity index is 1.82. The summed E-state index contributed by atoms with van der Waals surface area (Å²) in [6, 6.07) is 10.3. The first kappa shape index (κ1) is 24.6. The van der Waals surface area contributed by atoms with E-state index in [4.69, 9.17) is 5.10 Å². The van der Waals surface area contributed by atoms with Gasteiger partial charge in [0, 0.05) is 24.3 Å². The molecule has 4 aromatic heterocycles. The maximum Gasteiger partial charge on any atom is 0.285 e. The van der Waals surface area contributed by atoms with E-state index in [1.807, 2.05) is 43.9 Å². The van der Waals surface area contributed by atoms with Crippen LogP contribution in [0.25, 0.3) is 22.2 Å². The van der Waals surface area contributed by atoms with Crippen LogP contribution >= 0.6 is 0 Å². The van der Waals surface area contributed by atoms with Gasteiger partial charge in [-0.3, -0.25) is 9.36 Å². The van der Waals surface area contributed by atoms with E-state index in [0.29, 0.717) is 39.8 Å². The highest BCUT2D eigenvalue weighted by Crippen LogP contribution is 2.37. The lowest BCUT2D eigenvalue weighted by Crippen LogP contribution is -2.47. The molecule has 0 amide bonds. The van der Waals surface area contributed by atoms with Crippen molar-refractivity contribution in [2.75, 3.05) is 11.4 Å². The second kappa shape index (κ2) is 9.40. The van der Waals surface area contributed by atoms with Crippen LogP contribution in [0.5, 0.6) is 0 Å². The summed E-state index contributed by atoms with van der Waals surface area (Å²) in [5.41, 5.74) is -0.504. The molecule has 0 spiro atoms. The predicted molar refractivity (Wildman–Crippen MR) is 142 cm³/mol. The molecule has 0 aliphatic heterocycles. The van der Waals surface area contributed by atoms with Crippen molar-refractivity contribution in [2.45, 2.75) is 37.6 Å². The van der Waals surface area contributed by atoms with Gasteiger partial charge in [-0.25, -0.2) is 23.1 Å². The Morgan fingerprint density at radius 1 is 1.22 bits per heavy atom. The van der Waals surface area contributed by atoms with Crippen LogP contribution < -0.4 is 10.5 Å². The van der Waals surface area contributed by atoms with E-state index in [1.165, 1.54) is 33.1 Å². The van der Waals surface area contributed by atoms with Crippen molar-refractivity contribution in [3.8, 4) is 5.69 Å². The first-order chi connectivity index (χ1) is 17.8. The number of nitrogens with zero attached hydrogens (tertiary/aromatic N) is 6. The van der Waals surface area contributed by atoms with Gasteiger partial charge in [0.1, 0.15) is 17.8 Å². The van der Waals surface area contributed by atoms with Crippen molar-refractivity contribution in [3.05, 3.63) is 89.1 Å². The average molecular weight is 520 g/mol. The summed E-state index contributed by atoms with van der Waals surface area (Å²) in [5, 5.41) is 6.71. The number of hydrogen-bond acceptors (Lipinski definition) is 6. The Morgan fingerprint density at radius 2 is 1.97 bits per heavy atom. The number of benzene rings is 1. The van der Waals surface area contributed by atoms with Crippen molar-refractivity contribution < 1.29 is 8.60 Å². The molecule has 1 aromatic carbocycles. The zero-order valence-corrected chi connectivity index (χ0v) is 21.5. The number of aromatic amines is 1. The Morgan fingerprint density at radius 3 is 2.68 bits per heavy atom. The maximum atomic E-state index is 14.6. The molecule has 1 unspecified atom stereocenters. The Bertz CT molecular complexity index is 1710. The fourth-order valence-electron chi connectivity index (χ4n) is 4.61. The molecule has 5 rings (SSSR count). The van der Waals surface area contributed by atoms with Crippen LogP contribution in [0.3, 0.4) is 0 Å². The molecule has 0 saturated heterocycles. The lowest BCUT2D eigenvalue weighted by molar-refractivity contribution is 0.425. The van der Waals surface area contributed by atoms with E-state index in [1.54, 1.807) is 18.3 Å². The zero-order valence-electron chi connectivity index (χ0n) is 20.7. The number of rotatable bonds is 8. The van der Waals surface area contributed by atoms with Crippen LogP contribution in [0.4, 0.5) is 10.2 Å². The summed E-state index contributed by atoms with van der Waals surface area (Å²) in [6.45, 7) is 10.1. The number of fused-ring (bicyclic) bond motifs is 2. The molecule has 4 heterocycles. The minimum atomic E-state index is -1.48. The molecule has 1 atom stereocenters. The summed E-state index contributed by atoms with van der Waals surface area (Å²) in [4.78, 5) is 28.2. The third-order valence-corrected chi connectivity index (χ3v) is 7.42. The molecule has 0 aliphatic carbocycles. The Labute approximate surface area is 214 Å². The fraction of sp³-hybridized carbons (Fsp3) is 0.231. The predicted octanol–water partition coefficient (Wildman–Crippen LogP) is 4.30. The summed E-state index contributed by atoms with van der Waals surface area (Å²) < 4.78 is 30.1. The number of H-pyrrole nitrogens is 1. The van der Waals surface area contributed by atoms with Crippen LogP contribution in [-0.4, -0.2) is 39.9 Å². The minimum absolute atomic E-state index is 0.135. The van der Waals surface area contributed by atoms with E-state index >= 15 is 0 Å². The second-order valence-corrected chi connectivity index (χ2v) is 10.4. The number of hydrogen-bond donors (Lipinski definition) is 1. The van der Waals surface area contributed by atoms with Gasteiger partial charge in [0.05, 0.1) is 32.3 Å². The molecule has 37 heavy (non-hydrogen) atoms. The topological polar surface area (TPSA) is 101 Å². The smallest absolute Gasteiger partial charge is 0.285 e. The number of aromatic nitrogens is 6. The highest BCUT2D eigenvalue weighted by atomic mass is 32.2. The third kappa shape index (κ3) is 3.95. The van der Waals surface area contributed by atoms with E-state index in [2.05, 4.69) is 21.5 Å². The van der Waals surface area contributed by atoms with Gasteiger partial charge < -0.3 is 9.88 Å². The number of anilines is 1. The van der Waals surface area contributed by atoms with E-state index < -0.39 is 27.7 Å². The molecule has 0 bridgehead atoms. The van der Waals surface area contributed by atoms with Crippen molar-refractivity contribution in [2.24, 2.45) is 0 Å². The van der Waals surface area contributed by atoms with Crippen molar-refractivity contribution in [1.29, 1.82) is 0 Å². The van der Waals surface area contributed by atoms with Crippen LogP contribution in [0.15, 0.2) is 76.8 Å². The van der Waals surface area contributed by atoms with Gasteiger partial charge in [0.2, 0.25) is 0 Å². The first-order valence-corrected chi connectivity index (χ1v) is 13.0. The third-order valence-electron chi connectivity index (χ3n) is 6.36. The van der Waals surface area contributed by atoms with Crippen LogP contribution in [0.2, 0.25) is 0 Å². The molecule has 0 aliphatic rings. The largest absolute Gasteiger partial charge is 0.345 e. The van der Waals surface area contributed by atoms with Gasteiger partial charge in [-0.05, 0) is 38.5 Å². The van der Waals surface area contributed by atoms with E-state index in [0.717, 1.165) is 6.42 Å². The average Bonchev–Trinajstić information content (AvgIpc) is 3.51. The van der Waals surface area contributed by atoms with E-state index in [-0.39, 0.29) is 5.52 Å². The molecule has 0 saturated carbocycles. The SMILES string of the molecule is C=CS(=O)c1c[nH]c2ncnc(N(CCC)C(C)(C)c3nn4ccc(F)c4c(=O)n3-c3ccccc3)c12. The van der Waals surface area contributed by atoms with E-state index in [9.17, 15) is 13.4 Å². The summed E-state index contributed by atoms with van der Waals surface area (Å²) >= 11 is 0. The molecular formula is C26H26FN7O2S. The highest BCUT2D eigenvalue weighted by molar-refractivity contribution is 7.88. The second-order valence-electron chi connectivity index (χ2n) is 9.01. The molecule has 5 aromatic rings. The summed E-state index contributed by atoms with van der Waals surface area (Å²) in [7, 11) is -1.48.